The van der Waals surface area contributed by atoms with Gasteiger partial charge in [-0.2, -0.15) is 0 Å². The third-order valence-electron chi connectivity index (χ3n) is 6.69. The molecule has 4 rings (SSSR count). The van der Waals surface area contributed by atoms with Crippen molar-refractivity contribution >= 4 is 23.9 Å². The lowest BCUT2D eigenvalue weighted by Gasteiger charge is -2.28. The first-order valence-electron chi connectivity index (χ1n) is 11.1. The van der Waals surface area contributed by atoms with Gasteiger partial charge in [0.1, 0.15) is 12.3 Å². The van der Waals surface area contributed by atoms with Gasteiger partial charge in [-0.25, -0.2) is 10.5 Å². The molecule has 2 amide bonds. The van der Waals surface area contributed by atoms with Crippen LogP contribution in [0.3, 0.4) is 0 Å². The summed E-state index contributed by atoms with van der Waals surface area (Å²) in [6.45, 7) is 0.629. The van der Waals surface area contributed by atoms with Crippen molar-refractivity contribution in [2.24, 2.45) is 17.3 Å². The Morgan fingerprint density at radius 3 is 2.61 bits per heavy atom. The lowest BCUT2D eigenvalue weighted by molar-refractivity contribution is -0.141. The van der Waals surface area contributed by atoms with Crippen LogP contribution in [0, 0.1) is 17.3 Å². The molecule has 170 valence electrons. The third kappa shape index (κ3) is 6.07. The van der Waals surface area contributed by atoms with Crippen LogP contribution < -0.4 is 10.8 Å². The summed E-state index contributed by atoms with van der Waals surface area (Å²) < 4.78 is 0. The van der Waals surface area contributed by atoms with E-state index in [1.54, 1.807) is 16.6 Å². The Kier molecular flexibility index (Phi) is 8.09. The number of nitrogens with zero attached hydrogens (tertiary/aromatic N) is 3. The monoisotopic (exact) mass is 431 g/mol. The summed E-state index contributed by atoms with van der Waals surface area (Å²) in [5, 5.41) is 10.1. The molecule has 31 heavy (non-hydrogen) atoms. The normalized spacial score (nSPS) is 22.5. The zero-order valence-electron chi connectivity index (χ0n) is 18.1. The topological polar surface area (TPSA) is 125 Å². The molecular weight excluding hydrogens is 398 g/mol. The lowest BCUT2D eigenvalue weighted by atomic mass is 9.90. The first kappa shape index (κ1) is 23.3. The van der Waals surface area contributed by atoms with Gasteiger partial charge in [0, 0.05) is 38.3 Å². The van der Waals surface area contributed by atoms with E-state index in [2.05, 4.69) is 15.3 Å². The number of hydrogen-bond acceptors (Lipinski definition) is 7. The van der Waals surface area contributed by atoms with Gasteiger partial charge in [-0.05, 0) is 37.0 Å². The van der Waals surface area contributed by atoms with E-state index in [4.69, 9.17) is 5.21 Å². The van der Waals surface area contributed by atoms with Crippen LogP contribution in [0.2, 0.25) is 0 Å². The minimum Gasteiger partial charge on any atom is -0.330 e. The molecule has 9 nitrogen and oxygen atoms in total. The molecule has 3 fully saturated rings. The molecule has 0 bridgehead atoms. The lowest BCUT2D eigenvalue weighted by Crippen LogP contribution is -2.46. The maximum atomic E-state index is 13.4. The number of aromatic nitrogens is 2. The summed E-state index contributed by atoms with van der Waals surface area (Å²) in [5.74, 6) is 0.386. The molecule has 2 aliphatic carbocycles. The maximum Gasteiger partial charge on any atom is 0.248 e. The molecule has 3 N–H and O–H groups in total. The SMILES string of the molecule is CNO.O=CCC(CC1CCCC1)C(=O)N1CC2(CC2)CC1C(=O)Nc1cnccn1. The van der Waals surface area contributed by atoms with E-state index in [0.29, 0.717) is 24.7 Å². The van der Waals surface area contributed by atoms with Crippen molar-refractivity contribution in [2.75, 3.05) is 18.9 Å². The van der Waals surface area contributed by atoms with Crippen LogP contribution in [0.5, 0.6) is 0 Å². The smallest absolute Gasteiger partial charge is 0.248 e. The zero-order valence-corrected chi connectivity index (χ0v) is 18.1. The number of carbonyl (C=O) groups excluding carboxylic acids is 3. The molecule has 1 saturated heterocycles. The van der Waals surface area contributed by atoms with E-state index in [9.17, 15) is 14.4 Å². The largest absolute Gasteiger partial charge is 0.330 e. The Morgan fingerprint density at radius 2 is 2.03 bits per heavy atom. The molecule has 1 aromatic heterocycles. The van der Waals surface area contributed by atoms with Crippen LogP contribution in [-0.4, -0.2) is 57.8 Å². The second-order valence-corrected chi connectivity index (χ2v) is 8.98. The van der Waals surface area contributed by atoms with Gasteiger partial charge in [0.2, 0.25) is 11.8 Å². The summed E-state index contributed by atoms with van der Waals surface area (Å²) in [5.41, 5.74) is 1.85. The summed E-state index contributed by atoms with van der Waals surface area (Å²) >= 11 is 0. The van der Waals surface area contributed by atoms with Crippen molar-refractivity contribution in [3.8, 4) is 0 Å². The highest BCUT2D eigenvalue weighted by molar-refractivity contribution is 5.97. The first-order chi connectivity index (χ1) is 15.0. The first-order valence-corrected chi connectivity index (χ1v) is 11.1. The van der Waals surface area contributed by atoms with Gasteiger partial charge in [-0.3, -0.25) is 14.6 Å². The fourth-order valence-corrected chi connectivity index (χ4v) is 4.93. The average molecular weight is 432 g/mol. The van der Waals surface area contributed by atoms with Crippen molar-refractivity contribution in [3.63, 3.8) is 0 Å². The Hall–Kier alpha value is -2.39. The number of hydrogen-bond donors (Lipinski definition) is 3. The minimum atomic E-state index is -0.491. The summed E-state index contributed by atoms with van der Waals surface area (Å²) in [6.07, 6.45) is 14.0. The Balaban J connectivity index is 0.000000858. The molecule has 2 atom stereocenters. The van der Waals surface area contributed by atoms with Crippen molar-refractivity contribution in [3.05, 3.63) is 18.6 Å². The molecule has 0 aromatic carbocycles. The number of aldehydes is 1. The van der Waals surface area contributed by atoms with Gasteiger partial charge in [0.05, 0.1) is 6.20 Å². The Bertz CT molecular complexity index is 750. The van der Waals surface area contributed by atoms with Gasteiger partial charge in [0.15, 0.2) is 5.82 Å². The highest BCUT2D eigenvalue weighted by Crippen LogP contribution is 2.55. The van der Waals surface area contributed by atoms with Crippen LogP contribution in [0.15, 0.2) is 18.6 Å². The number of rotatable bonds is 7. The van der Waals surface area contributed by atoms with Crippen molar-refractivity contribution < 1.29 is 19.6 Å². The van der Waals surface area contributed by atoms with Gasteiger partial charge in [0.25, 0.3) is 0 Å². The van der Waals surface area contributed by atoms with E-state index in [1.807, 2.05) is 0 Å². The molecule has 1 aliphatic heterocycles. The fraction of sp³-hybridized carbons (Fsp3) is 0.682. The van der Waals surface area contributed by atoms with Crippen molar-refractivity contribution in [1.82, 2.24) is 20.3 Å². The van der Waals surface area contributed by atoms with Gasteiger partial charge in [-0.15, -0.1) is 0 Å². The van der Waals surface area contributed by atoms with Crippen LogP contribution >= 0.6 is 0 Å². The number of carbonyl (C=O) groups is 3. The van der Waals surface area contributed by atoms with Gasteiger partial charge >= 0.3 is 0 Å². The molecular formula is C22H33N5O4. The quantitative estimate of drug-likeness (QED) is 0.446. The molecule has 1 aromatic rings. The third-order valence-corrected chi connectivity index (χ3v) is 6.69. The van der Waals surface area contributed by atoms with Crippen molar-refractivity contribution in [1.29, 1.82) is 0 Å². The molecule has 9 heteroatoms. The number of anilines is 1. The van der Waals surface area contributed by atoms with Gasteiger partial charge < -0.3 is 20.2 Å². The molecule has 2 unspecified atom stereocenters. The predicted molar refractivity (Wildman–Crippen MR) is 114 cm³/mol. The fourth-order valence-electron chi connectivity index (χ4n) is 4.93. The Morgan fingerprint density at radius 1 is 1.32 bits per heavy atom. The average Bonchev–Trinajstić information content (AvgIpc) is 3.14. The summed E-state index contributed by atoms with van der Waals surface area (Å²) in [4.78, 5) is 47.4. The number of amides is 2. The highest BCUT2D eigenvalue weighted by Gasteiger charge is 2.55. The Labute approximate surface area is 183 Å². The molecule has 2 heterocycles. The van der Waals surface area contributed by atoms with Crippen LogP contribution in [0.4, 0.5) is 5.82 Å². The number of nitrogens with one attached hydrogen (secondary N) is 2. The van der Waals surface area contributed by atoms with E-state index in [1.165, 1.54) is 32.3 Å². The van der Waals surface area contributed by atoms with Crippen LogP contribution in [0.25, 0.3) is 0 Å². The molecule has 0 radical (unpaired) electrons. The van der Waals surface area contributed by atoms with E-state index in [-0.39, 0.29) is 29.6 Å². The second-order valence-electron chi connectivity index (χ2n) is 8.98. The molecule has 2 saturated carbocycles. The number of likely N-dealkylation sites (tertiary alicyclic amines) is 1. The predicted octanol–water partition coefficient (Wildman–Crippen LogP) is 2.18. The molecule has 3 aliphatic rings. The molecule has 1 spiro atoms. The van der Waals surface area contributed by atoms with Crippen LogP contribution in [0.1, 0.15) is 57.8 Å². The van der Waals surface area contributed by atoms with Gasteiger partial charge in [-0.1, -0.05) is 25.7 Å². The second kappa shape index (κ2) is 10.8. The highest BCUT2D eigenvalue weighted by atomic mass is 16.5. The van der Waals surface area contributed by atoms with Crippen LogP contribution in [-0.2, 0) is 14.4 Å². The summed E-state index contributed by atoms with van der Waals surface area (Å²) in [7, 11) is 1.43. The standard InChI is InChI=1S/C21H28N4O3.CH5NO/c26-10-5-16(11-15-3-1-2-4-15)20(28)25-14-21(6-7-21)12-17(25)19(27)24-18-13-22-8-9-23-18;1-2-3/h8-10,13,15-17H,1-7,11-12,14H2,(H,23,24,27);2-3H,1H3. The van der Waals surface area contributed by atoms with E-state index in [0.717, 1.165) is 38.4 Å². The minimum absolute atomic E-state index is 0.0259. The van der Waals surface area contributed by atoms with E-state index >= 15 is 0 Å². The zero-order chi connectivity index (χ0) is 22.3. The van der Waals surface area contributed by atoms with Crippen molar-refractivity contribution in [2.45, 2.75) is 63.8 Å². The summed E-state index contributed by atoms with van der Waals surface area (Å²) in [6, 6.07) is -0.491. The van der Waals surface area contributed by atoms with E-state index < -0.39 is 6.04 Å². The number of hydroxylamine groups is 1. The maximum absolute atomic E-state index is 13.4.